The lowest BCUT2D eigenvalue weighted by atomic mass is 9.99. The van der Waals surface area contributed by atoms with Crippen LogP contribution in [-0.4, -0.2) is 96.7 Å². The first-order valence-electron chi connectivity index (χ1n) is 40.0. The molecule has 6 atom stereocenters. The van der Waals surface area contributed by atoms with Gasteiger partial charge in [-0.3, -0.25) is 37.3 Å². The number of phosphoric acid groups is 2. The molecular formula is C77H150O17P2. The van der Waals surface area contributed by atoms with Crippen molar-refractivity contribution in [3.63, 3.8) is 0 Å². The zero-order chi connectivity index (χ0) is 70.7. The van der Waals surface area contributed by atoms with Gasteiger partial charge in [0.1, 0.15) is 19.3 Å². The molecule has 0 spiro atoms. The van der Waals surface area contributed by atoms with Gasteiger partial charge in [-0.25, -0.2) is 9.13 Å². The molecule has 0 amide bonds. The molecule has 0 radical (unpaired) electrons. The van der Waals surface area contributed by atoms with E-state index in [0.29, 0.717) is 25.7 Å². The molecule has 0 aromatic rings. The zero-order valence-electron chi connectivity index (χ0n) is 62.7. The quantitative estimate of drug-likeness (QED) is 0.0222. The van der Waals surface area contributed by atoms with E-state index in [1.165, 1.54) is 205 Å². The number of unbranched alkanes of at least 4 members (excludes halogenated alkanes) is 45. The highest BCUT2D eigenvalue weighted by atomic mass is 31.2. The summed E-state index contributed by atoms with van der Waals surface area (Å²) in [4.78, 5) is 72.7. The van der Waals surface area contributed by atoms with Crippen LogP contribution in [0.2, 0.25) is 0 Å². The fraction of sp³-hybridized carbons (Fsp3) is 0.948. The second-order valence-corrected chi connectivity index (χ2v) is 31.4. The Hall–Kier alpha value is -1.94. The van der Waals surface area contributed by atoms with Gasteiger partial charge in [-0.2, -0.15) is 0 Å². The summed E-state index contributed by atoms with van der Waals surface area (Å²) in [7, 11) is -9.91. The van der Waals surface area contributed by atoms with Gasteiger partial charge in [0.05, 0.1) is 26.4 Å². The van der Waals surface area contributed by atoms with Gasteiger partial charge < -0.3 is 33.8 Å². The molecule has 0 saturated heterocycles. The SMILES string of the molecule is CCCCCCCCCCCCCCCCCCCCCCCC(=O)O[C@H](COC(=O)CCCCCCCCCCCCCC(C)C)COP(=O)(O)OC[C@@H](O)COP(=O)(O)OC[C@@H](COC(=O)CCCCCCCCC)OC(=O)CCCCCCCCCCCCC(C)CC. The largest absolute Gasteiger partial charge is 0.472 e. The molecule has 0 aliphatic carbocycles. The third-order valence-electron chi connectivity index (χ3n) is 18.3. The van der Waals surface area contributed by atoms with Crippen molar-refractivity contribution in [2.45, 2.75) is 419 Å². The number of carbonyl (C=O) groups excluding carboxylic acids is 4. The van der Waals surface area contributed by atoms with E-state index >= 15 is 0 Å². The summed E-state index contributed by atoms with van der Waals surface area (Å²) in [6, 6.07) is 0. The van der Waals surface area contributed by atoms with Crippen molar-refractivity contribution in [3.05, 3.63) is 0 Å². The number of esters is 4. The maximum atomic E-state index is 13.1. The van der Waals surface area contributed by atoms with E-state index in [1.807, 2.05) is 0 Å². The van der Waals surface area contributed by atoms with Gasteiger partial charge in [0.2, 0.25) is 0 Å². The van der Waals surface area contributed by atoms with E-state index in [1.54, 1.807) is 0 Å². The Morgan fingerprint density at radius 2 is 0.531 bits per heavy atom. The number of phosphoric ester groups is 2. The van der Waals surface area contributed by atoms with E-state index in [2.05, 4.69) is 41.5 Å². The van der Waals surface area contributed by atoms with E-state index in [-0.39, 0.29) is 25.7 Å². The minimum Gasteiger partial charge on any atom is -0.462 e. The molecule has 0 aromatic heterocycles. The smallest absolute Gasteiger partial charge is 0.462 e. The van der Waals surface area contributed by atoms with Crippen molar-refractivity contribution in [2.24, 2.45) is 11.8 Å². The summed E-state index contributed by atoms with van der Waals surface area (Å²) in [6.07, 6.45) is 57.0. The molecule has 3 unspecified atom stereocenters. The van der Waals surface area contributed by atoms with Crippen molar-refractivity contribution in [2.75, 3.05) is 39.6 Å². The minimum absolute atomic E-state index is 0.106. The summed E-state index contributed by atoms with van der Waals surface area (Å²) in [6.45, 7) is 9.59. The Kier molecular flexibility index (Phi) is 67.4. The molecule has 0 rings (SSSR count). The number of hydrogen-bond donors (Lipinski definition) is 3. The topological polar surface area (TPSA) is 237 Å². The fourth-order valence-electron chi connectivity index (χ4n) is 11.8. The molecule has 0 aromatic carbocycles. The Balaban J connectivity index is 5.17. The lowest BCUT2D eigenvalue weighted by molar-refractivity contribution is -0.161. The second kappa shape index (κ2) is 68.8. The molecule has 3 N–H and O–H groups in total. The van der Waals surface area contributed by atoms with Gasteiger partial charge in [-0.1, -0.05) is 350 Å². The number of rotatable bonds is 76. The first kappa shape index (κ1) is 94.1. The Morgan fingerprint density at radius 1 is 0.302 bits per heavy atom. The Morgan fingerprint density at radius 3 is 0.792 bits per heavy atom. The van der Waals surface area contributed by atoms with Crippen LogP contribution in [0.25, 0.3) is 0 Å². The van der Waals surface area contributed by atoms with Gasteiger partial charge in [0.25, 0.3) is 0 Å². The molecule has 96 heavy (non-hydrogen) atoms. The highest BCUT2D eigenvalue weighted by Crippen LogP contribution is 2.45. The predicted molar refractivity (Wildman–Crippen MR) is 391 cm³/mol. The second-order valence-electron chi connectivity index (χ2n) is 28.5. The van der Waals surface area contributed by atoms with Crippen molar-refractivity contribution < 1.29 is 80.2 Å². The van der Waals surface area contributed by atoms with E-state index in [9.17, 15) is 43.2 Å². The first-order valence-corrected chi connectivity index (χ1v) is 43.0. The molecule has 0 heterocycles. The average Bonchev–Trinajstić information content (AvgIpc) is 1.58. The number of carbonyl (C=O) groups is 4. The molecule has 17 nitrogen and oxygen atoms in total. The van der Waals surface area contributed by atoms with Gasteiger partial charge in [0.15, 0.2) is 12.2 Å². The van der Waals surface area contributed by atoms with Crippen molar-refractivity contribution in [1.82, 2.24) is 0 Å². The van der Waals surface area contributed by atoms with Crippen LogP contribution in [0.5, 0.6) is 0 Å². The van der Waals surface area contributed by atoms with E-state index in [0.717, 1.165) is 115 Å². The van der Waals surface area contributed by atoms with Crippen LogP contribution in [0.4, 0.5) is 0 Å². The van der Waals surface area contributed by atoms with Crippen LogP contribution < -0.4 is 0 Å². The molecule has 0 bridgehead atoms. The maximum Gasteiger partial charge on any atom is 0.472 e. The van der Waals surface area contributed by atoms with Crippen LogP contribution in [-0.2, 0) is 65.4 Å². The van der Waals surface area contributed by atoms with Crippen LogP contribution in [0.15, 0.2) is 0 Å². The predicted octanol–water partition coefficient (Wildman–Crippen LogP) is 22.7. The lowest BCUT2D eigenvalue weighted by Gasteiger charge is -2.21. The number of hydrogen-bond acceptors (Lipinski definition) is 15. The molecule has 0 aliphatic heterocycles. The van der Waals surface area contributed by atoms with Gasteiger partial charge in [0, 0.05) is 25.7 Å². The van der Waals surface area contributed by atoms with E-state index < -0.39 is 97.5 Å². The normalized spacial score (nSPS) is 14.3. The zero-order valence-corrected chi connectivity index (χ0v) is 64.5. The Labute approximate surface area is 588 Å². The maximum absolute atomic E-state index is 13.1. The van der Waals surface area contributed by atoms with Crippen LogP contribution in [0.1, 0.15) is 401 Å². The molecule has 570 valence electrons. The summed E-state index contributed by atoms with van der Waals surface area (Å²) >= 11 is 0. The molecule has 0 saturated carbocycles. The molecular weight excluding hydrogens is 1260 g/mol. The highest BCUT2D eigenvalue weighted by Gasteiger charge is 2.30. The van der Waals surface area contributed by atoms with Gasteiger partial charge in [-0.15, -0.1) is 0 Å². The molecule has 19 heteroatoms. The highest BCUT2D eigenvalue weighted by molar-refractivity contribution is 7.47. The van der Waals surface area contributed by atoms with Gasteiger partial charge in [-0.05, 0) is 37.5 Å². The molecule has 0 aliphatic rings. The number of aliphatic hydroxyl groups excluding tert-OH is 1. The van der Waals surface area contributed by atoms with Crippen LogP contribution >= 0.6 is 15.6 Å². The van der Waals surface area contributed by atoms with Crippen molar-refractivity contribution in [3.8, 4) is 0 Å². The lowest BCUT2D eigenvalue weighted by Crippen LogP contribution is -2.30. The minimum atomic E-state index is -4.96. The number of ether oxygens (including phenoxy) is 4. The standard InChI is InChI=1S/C77H150O17P2/c1-7-10-12-14-16-17-18-19-20-21-22-23-24-25-26-27-30-37-43-49-55-61-76(81)94-73(66-88-75(80)60-54-48-42-36-31-28-29-34-40-45-51-57-69(4)5)68-92-96(85,86)90-64-71(78)63-89-95(83,84)91-67-72(65-87-74(79)59-53-47-39-15-13-11-8-2)93-77(82)62-56-50-44-38-33-32-35-41-46-52-58-70(6)9-3/h69-73,78H,7-68H2,1-6H3,(H,83,84)(H,85,86)/t70?,71-,72+,73+/m0/s1. The monoisotopic (exact) mass is 1410 g/mol. The molecule has 0 fully saturated rings. The summed E-state index contributed by atoms with van der Waals surface area (Å²) in [5.41, 5.74) is 0. The third-order valence-corrected chi connectivity index (χ3v) is 20.2. The Bertz CT molecular complexity index is 1860. The van der Waals surface area contributed by atoms with Crippen molar-refractivity contribution in [1.29, 1.82) is 0 Å². The summed E-state index contributed by atoms with van der Waals surface area (Å²) in [5.74, 6) is -0.546. The average molecular weight is 1410 g/mol. The fourth-order valence-corrected chi connectivity index (χ4v) is 13.4. The van der Waals surface area contributed by atoms with Crippen LogP contribution in [0.3, 0.4) is 0 Å². The summed E-state index contributed by atoms with van der Waals surface area (Å²) in [5, 5.41) is 10.6. The third kappa shape index (κ3) is 69.2. The number of aliphatic hydroxyl groups is 1. The van der Waals surface area contributed by atoms with Gasteiger partial charge >= 0.3 is 39.5 Å². The first-order chi connectivity index (χ1) is 46.4. The summed E-state index contributed by atoms with van der Waals surface area (Å²) < 4.78 is 68.5. The van der Waals surface area contributed by atoms with E-state index in [4.69, 9.17) is 37.0 Å². The van der Waals surface area contributed by atoms with Crippen LogP contribution in [0, 0.1) is 11.8 Å². The van der Waals surface area contributed by atoms with Crippen molar-refractivity contribution >= 4 is 39.5 Å².